The number of rotatable bonds is 10. The molecule has 2 spiro atoms. The first-order chi connectivity index (χ1) is 30.5. The highest BCUT2D eigenvalue weighted by Crippen LogP contribution is 2.80. The van der Waals surface area contributed by atoms with E-state index in [1.54, 1.807) is 0 Å². The average molecular weight is 929 g/mol. The molecule has 0 aromatic rings. The summed E-state index contributed by atoms with van der Waals surface area (Å²) in [6, 6.07) is 0. The Morgan fingerprint density at radius 1 is 0.631 bits per heavy atom. The third-order valence-electron chi connectivity index (χ3n) is 19.1. The van der Waals surface area contributed by atoms with Gasteiger partial charge in [0.05, 0.1) is 44.7 Å². The van der Waals surface area contributed by atoms with Gasteiger partial charge in [0.2, 0.25) is 0 Å². The largest absolute Gasteiger partial charge is 0.394 e. The minimum Gasteiger partial charge on any atom is -0.394 e. The summed E-state index contributed by atoms with van der Waals surface area (Å²) >= 11 is 0. The van der Waals surface area contributed by atoms with E-state index in [-0.39, 0.29) is 39.9 Å². The van der Waals surface area contributed by atoms with E-state index in [4.69, 9.17) is 37.9 Å². The van der Waals surface area contributed by atoms with Gasteiger partial charge < -0.3 is 89.0 Å². The summed E-state index contributed by atoms with van der Waals surface area (Å²) in [6.07, 6.45) is -14.3. The number of aliphatic hydroxyl groups is 10. The van der Waals surface area contributed by atoms with Gasteiger partial charge in [0.1, 0.15) is 67.1 Å². The van der Waals surface area contributed by atoms with Crippen LogP contribution in [0, 0.1) is 51.2 Å². The standard InChI is InChI=1S/C47H76O18/c1-21(2)14-22-18-58-47-19-46(20-59-47)23(38(47)45(22,7)57)8-9-28-43(5)12-11-29(42(3,4)27(43)10-13-44(28,46)6)63-41-37(65-39-34(55)31(52)25(16-49)61-39)36(32(53)26(17-50)62-41)64-40-35(56)33(54)30(51)24(15-48)60-40/h14,22-41,48-57H,8-13,15-20H2,1-7H3/t22-,23-,24-,25+,26-,27+,28-,29+,30-,31+,32-,33+,34-,35-,36+,37-,38+,39+,40+,41+,43+,44-,45+,46+,47-/m1/s1. The van der Waals surface area contributed by atoms with Gasteiger partial charge >= 0.3 is 0 Å². The van der Waals surface area contributed by atoms with Gasteiger partial charge in [-0.1, -0.05) is 39.3 Å². The lowest BCUT2D eigenvalue weighted by Gasteiger charge is -2.70. The van der Waals surface area contributed by atoms with Crippen LogP contribution in [0.3, 0.4) is 0 Å². The third kappa shape index (κ3) is 7.24. The van der Waals surface area contributed by atoms with Crippen LogP contribution in [0.5, 0.6) is 0 Å². The van der Waals surface area contributed by atoms with Gasteiger partial charge in [0.15, 0.2) is 24.7 Å². The molecule has 18 nitrogen and oxygen atoms in total. The lowest BCUT2D eigenvalue weighted by Crippen LogP contribution is -2.68. The van der Waals surface area contributed by atoms with Gasteiger partial charge in [-0.05, 0) is 93.3 Å². The van der Waals surface area contributed by atoms with Gasteiger partial charge in [-0.3, -0.25) is 0 Å². The third-order valence-corrected chi connectivity index (χ3v) is 19.1. The number of aliphatic hydroxyl groups excluding tert-OH is 9. The van der Waals surface area contributed by atoms with E-state index in [9.17, 15) is 51.1 Å². The first-order valence-electron chi connectivity index (χ1n) is 24.0. The Bertz CT molecular complexity index is 1760. The molecule has 9 aliphatic rings. The number of fused-ring (bicyclic) bond motifs is 4. The molecule has 4 aliphatic carbocycles. The average Bonchev–Trinajstić information content (AvgIpc) is 3.88. The zero-order valence-electron chi connectivity index (χ0n) is 38.8. The molecule has 0 aromatic carbocycles. The van der Waals surface area contributed by atoms with Gasteiger partial charge in [-0.25, -0.2) is 0 Å². The van der Waals surface area contributed by atoms with Gasteiger partial charge in [-0.15, -0.1) is 0 Å². The summed E-state index contributed by atoms with van der Waals surface area (Å²) < 4.78 is 50.7. The van der Waals surface area contributed by atoms with Crippen LogP contribution in [0.1, 0.15) is 93.4 Å². The summed E-state index contributed by atoms with van der Waals surface area (Å²) in [5.41, 5.74) is -0.701. The summed E-state index contributed by atoms with van der Waals surface area (Å²) in [4.78, 5) is 0. The maximum Gasteiger partial charge on any atom is 0.187 e. The number of allylic oxidation sites excluding steroid dienone is 1. The highest BCUT2D eigenvalue weighted by Gasteiger charge is 2.81. The van der Waals surface area contributed by atoms with Gasteiger partial charge in [0.25, 0.3) is 0 Å². The van der Waals surface area contributed by atoms with E-state index in [2.05, 4.69) is 47.6 Å². The molecule has 372 valence electrons. The molecule has 0 unspecified atom stereocenters. The number of ether oxygens (including phenoxy) is 8. The summed E-state index contributed by atoms with van der Waals surface area (Å²) in [7, 11) is 0. The van der Waals surface area contributed by atoms with E-state index in [1.807, 2.05) is 6.92 Å². The second kappa shape index (κ2) is 17.1. The molecule has 10 N–H and O–H groups in total. The van der Waals surface area contributed by atoms with Crippen molar-refractivity contribution < 1.29 is 89.0 Å². The van der Waals surface area contributed by atoms with Gasteiger partial charge in [-0.2, -0.15) is 0 Å². The summed E-state index contributed by atoms with van der Waals surface area (Å²) in [5.74, 6) is -0.317. The maximum absolute atomic E-state index is 12.4. The van der Waals surface area contributed by atoms with E-state index < -0.39 is 129 Å². The van der Waals surface area contributed by atoms with E-state index in [0.29, 0.717) is 25.6 Å². The molecule has 9 fully saturated rings. The van der Waals surface area contributed by atoms with Crippen molar-refractivity contribution in [2.75, 3.05) is 33.0 Å². The SMILES string of the molecule is CC(C)=C[C@@H]1CO[C@]23C[C@]4(CO2)[C@H](CC[C@@H]2[C@@]5(C)CC[C@H](O[C@@H]6O[C@H](CO)[C@@H](O)[C@H](O[C@@H]7O[C@H](CO)[C@@H](O)[C@H](O)[C@H]7O)[C@H]6O[C@@H]6O[C@@H](CO)[C@H](O)[C@H]6O)C(C)(C)[C@@H]5CC[C@]24C)[C@H]3[C@@]1(C)O. The fourth-order valence-electron chi connectivity index (χ4n) is 15.8. The fourth-order valence-corrected chi connectivity index (χ4v) is 15.8. The van der Waals surface area contributed by atoms with Crippen molar-refractivity contribution in [3.05, 3.63) is 11.6 Å². The molecule has 5 heterocycles. The van der Waals surface area contributed by atoms with Crippen molar-refractivity contribution >= 4 is 0 Å². The Labute approximate surface area is 381 Å². The van der Waals surface area contributed by atoms with Crippen LogP contribution >= 0.6 is 0 Å². The molecule has 0 amide bonds. The molecule has 0 aromatic heterocycles. The molecule has 9 rings (SSSR count). The predicted molar refractivity (Wildman–Crippen MR) is 225 cm³/mol. The number of hydrogen-bond acceptors (Lipinski definition) is 18. The van der Waals surface area contributed by atoms with Crippen LogP contribution in [0.2, 0.25) is 0 Å². The molecule has 18 heteroatoms. The van der Waals surface area contributed by atoms with Gasteiger partial charge in [0, 0.05) is 23.7 Å². The molecule has 5 saturated heterocycles. The molecule has 0 radical (unpaired) electrons. The van der Waals surface area contributed by atoms with Crippen molar-refractivity contribution in [3.8, 4) is 0 Å². The Hall–Kier alpha value is -0.980. The van der Waals surface area contributed by atoms with Crippen LogP contribution in [0.25, 0.3) is 0 Å². The highest BCUT2D eigenvalue weighted by molar-refractivity contribution is 5.27. The Kier molecular flexibility index (Phi) is 12.9. The minimum absolute atomic E-state index is 0.0960. The Morgan fingerprint density at radius 2 is 1.22 bits per heavy atom. The maximum atomic E-state index is 12.4. The molecule has 2 bridgehead atoms. The lowest BCUT2D eigenvalue weighted by atomic mass is 9.35. The van der Waals surface area contributed by atoms with E-state index >= 15 is 0 Å². The fraction of sp³-hybridized carbons (Fsp3) is 0.957. The first kappa shape index (κ1) is 49.0. The van der Waals surface area contributed by atoms with Crippen LogP contribution in [0.4, 0.5) is 0 Å². The molecule has 25 atom stereocenters. The van der Waals surface area contributed by atoms with Crippen molar-refractivity contribution in [1.29, 1.82) is 0 Å². The molecular formula is C47H76O18. The van der Waals surface area contributed by atoms with Crippen molar-refractivity contribution in [3.63, 3.8) is 0 Å². The van der Waals surface area contributed by atoms with Crippen LogP contribution in [0.15, 0.2) is 11.6 Å². The van der Waals surface area contributed by atoms with E-state index in [1.165, 1.54) is 0 Å². The first-order valence-corrected chi connectivity index (χ1v) is 24.0. The normalized spacial score (nSPS) is 56.9. The van der Waals surface area contributed by atoms with E-state index in [0.717, 1.165) is 44.1 Å². The molecule has 4 saturated carbocycles. The molecular weight excluding hydrogens is 852 g/mol. The Balaban J connectivity index is 0.991. The van der Waals surface area contributed by atoms with Crippen LogP contribution in [-0.2, 0) is 37.9 Å². The quantitative estimate of drug-likeness (QED) is 0.101. The minimum atomic E-state index is -1.86. The van der Waals surface area contributed by atoms with Crippen LogP contribution in [-0.4, -0.2) is 188 Å². The summed E-state index contributed by atoms with van der Waals surface area (Å²) in [6.45, 7) is 14.4. The zero-order chi connectivity index (χ0) is 47.0. The second-order valence-electron chi connectivity index (χ2n) is 22.9. The van der Waals surface area contributed by atoms with Crippen molar-refractivity contribution in [2.45, 2.75) is 197 Å². The topological polar surface area (TPSA) is 276 Å². The highest BCUT2D eigenvalue weighted by atomic mass is 16.8. The monoisotopic (exact) mass is 929 g/mol. The molecule has 65 heavy (non-hydrogen) atoms. The van der Waals surface area contributed by atoms with Crippen LogP contribution < -0.4 is 0 Å². The smallest absolute Gasteiger partial charge is 0.187 e. The second-order valence-corrected chi connectivity index (χ2v) is 22.9. The van der Waals surface area contributed by atoms with Crippen molar-refractivity contribution in [1.82, 2.24) is 0 Å². The Morgan fingerprint density at radius 3 is 1.85 bits per heavy atom. The lowest BCUT2D eigenvalue weighted by molar-refractivity contribution is -0.387. The number of hydrogen-bond donors (Lipinski definition) is 10. The predicted octanol–water partition coefficient (Wildman–Crippen LogP) is -0.176. The van der Waals surface area contributed by atoms with Crippen molar-refractivity contribution in [2.24, 2.45) is 51.2 Å². The zero-order valence-corrected chi connectivity index (χ0v) is 38.8. The summed E-state index contributed by atoms with van der Waals surface area (Å²) in [5, 5.41) is 108. The molecule has 5 aliphatic heterocycles.